The SMILES string of the molecule is CC(O)[C@H](N)c1ccc(Cl)cc1Br. The zero-order chi connectivity index (χ0) is 10.0. The molecule has 0 aliphatic rings. The third-order valence-corrected chi connectivity index (χ3v) is 2.76. The Bertz CT molecular complexity index is 304. The number of hydrogen-bond donors (Lipinski definition) is 2. The fourth-order valence-electron chi connectivity index (χ4n) is 1.03. The summed E-state index contributed by atoms with van der Waals surface area (Å²) in [4.78, 5) is 0. The quantitative estimate of drug-likeness (QED) is 0.862. The second-order valence-electron chi connectivity index (χ2n) is 2.93. The minimum atomic E-state index is -0.572. The van der Waals surface area contributed by atoms with Gasteiger partial charge in [-0.25, -0.2) is 0 Å². The summed E-state index contributed by atoms with van der Waals surface area (Å²) in [6, 6.07) is 4.94. The molecular formula is C9H11BrClNO. The van der Waals surface area contributed by atoms with Gasteiger partial charge in [-0.15, -0.1) is 0 Å². The number of hydrogen-bond acceptors (Lipinski definition) is 2. The third kappa shape index (κ3) is 2.68. The maximum absolute atomic E-state index is 9.29. The van der Waals surface area contributed by atoms with Crippen molar-refractivity contribution < 1.29 is 5.11 Å². The molecule has 1 aromatic carbocycles. The lowest BCUT2D eigenvalue weighted by Crippen LogP contribution is -2.23. The molecule has 4 heteroatoms. The molecule has 0 aromatic heterocycles. The second-order valence-corrected chi connectivity index (χ2v) is 4.22. The first-order chi connectivity index (χ1) is 6.02. The number of nitrogens with two attached hydrogens (primary N) is 1. The van der Waals surface area contributed by atoms with Crippen LogP contribution >= 0.6 is 27.5 Å². The first-order valence-corrected chi connectivity index (χ1v) is 5.08. The number of aliphatic hydroxyl groups excluding tert-OH is 1. The summed E-state index contributed by atoms with van der Waals surface area (Å²) < 4.78 is 0.827. The standard InChI is InChI=1S/C9H11BrClNO/c1-5(13)9(12)7-3-2-6(11)4-8(7)10/h2-5,9,13H,12H2,1H3/t5?,9-/m0/s1. The smallest absolute Gasteiger partial charge is 0.0705 e. The maximum atomic E-state index is 9.29. The van der Waals surface area contributed by atoms with E-state index in [9.17, 15) is 5.11 Å². The van der Waals surface area contributed by atoms with Gasteiger partial charge in [0, 0.05) is 9.50 Å². The molecule has 72 valence electrons. The molecule has 0 saturated heterocycles. The fourth-order valence-corrected chi connectivity index (χ4v) is 1.98. The van der Waals surface area contributed by atoms with E-state index in [1.807, 2.05) is 6.07 Å². The highest BCUT2D eigenvalue weighted by Gasteiger charge is 2.14. The van der Waals surface area contributed by atoms with Crippen LogP contribution in [0.3, 0.4) is 0 Å². The second kappa shape index (κ2) is 4.42. The van der Waals surface area contributed by atoms with Crippen molar-refractivity contribution >= 4 is 27.5 Å². The summed E-state index contributed by atoms with van der Waals surface area (Å²) in [7, 11) is 0. The lowest BCUT2D eigenvalue weighted by Gasteiger charge is -2.16. The van der Waals surface area contributed by atoms with Crippen LogP contribution in [0.15, 0.2) is 22.7 Å². The van der Waals surface area contributed by atoms with Gasteiger partial charge in [-0.1, -0.05) is 33.6 Å². The number of benzene rings is 1. The van der Waals surface area contributed by atoms with Gasteiger partial charge in [-0.05, 0) is 24.6 Å². The van der Waals surface area contributed by atoms with Crippen molar-refractivity contribution in [1.82, 2.24) is 0 Å². The van der Waals surface area contributed by atoms with Gasteiger partial charge in [-0.2, -0.15) is 0 Å². The van der Waals surface area contributed by atoms with Crippen LogP contribution in [0, 0.1) is 0 Å². The molecule has 0 aliphatic heterocycles. The van der Waals surface area contributed by atoms with Gasteiger partial charge in [0.1, 0.15) is 0 Å². The van der Waals surface area contributed by atoms with Crippen LogP contribution in [-0.2, 0) is 0 Å². The number of rotatable bonds is 2. The van der Waals surface area contributed by atoms with Crippen LogP contribution < -0.4 is 5.73 Å². The van der Waals surface area contributed by atoms with E-state index in [2.05, 4.69) is 15.9 Å². The monoisotopic (exact) mass is 263 g/mol. The van der Waals surface area contributed by atoms with Crippen molar-refractivity contribution in [2.45, 2.75) is 19.1 Å². The topological polar surface area (TPSA) is 46.2 Å². The zero-order valence-corrected chi connectivity index (χ0v) is 9.51. The molecule has 0 saturated carbocycles. The third-order valence-electron chi connectivity index (χ3n) is 1.84. The number of aliphatic hydroxyl groups is 1. The summed E-state index contributed by atoms with van der Waals surface area (Å²) in [5, 5.41) is 9.94. The van der Waals surface area contributed by atoms with Crippen LogP contribution in [0.1, 0.15) is 18.5 Å². The van der Waals surface area contributed by atoms with Gasteiger partial charge < -0.3 is 10.8 Å². The van der Waals surface area contributed by atoms with Gasteiger partial charge in [0.05, 0.1) is 12.1 Å². The Balaban J connectivity index is 3.01. The van der Waals surface area contributed by atoms with Crippen molar-refractivity contribution in [1.29, 1.82) is 0 Å². The molecule has 1 aromatic rings. The average Bonchev–Trinajstić information content (AvgIpc) is 2.03. The van der Waals surface area contributed by atoms with Gasteiger partial charge in [-0.3, -0.25) is 0 Å². The van der Waals surface area contributed by atoms with E-state index in [1.165, 1.54) is 0 Å². The van der Waals surface area contributed by atoms with Crippen molar-refractivity contribution in [2.75, 3.05) is 0 Å². The summed E-state index contributed by atoms with van der Waals surface area (Å²) >= 11 is 9.11. The van der Waals surface area contributed by atoms with Crippen LogP contribution in [0.2, 0.25) is 5.02 Å². The Morgan fingerprint density at radius 3 is 2.62 bits per heavy atom. The van der Waals surface area contributed by atoms with E-state index in [0.717, 1.165) is 10.0 Å². The fraction of sp³-hybridized carbons (Fsp3) is 0.333. The Hall–Kier alpha value is -0.0900. The van der Waals surface area contributed by atoms with E-state index in [-0.39, 0.29) is 6.04 Å². The Labute approximate surface area is 90.8 Å². The van der Waals surface area contributed by atoms with Crippen LogP contribution in [0.25, 0.3) is 0 Å². The predicted octanol–water partition coefficient (Wildman–Crippen LogP) is 2.48. The van der Waals surface area contributed by atoms with Gasteiger partial charge >= 0.3 is 0 Å². The first kappa shape index (κ1) is 11.0. The lowest BCUT2D eigenvalue weighted by molar-refractivity contribution is 0.164. The van der Waals surface area contributed by atoms with Crippen molar-refractivity contribution in [3.05, 3.63) is 33.3 Å². The maximum Gasteiger partial charge on any atom is 0.0705 e. The van der Waals surface area contributed by atoms with E-state index < -0.39 is 6.10 Å². The molecule has 13 heavy (non-hydrogen) atoms. The summed E-state index contributed by atoms with van der Waals surface area (Å²) in [5.74, 6) is 0. The highest BCUT2D eigenvalue weighted by molar-refractivity contribution is 9.10. The van der Waals surface area contributed by atoms with Crippen LogP contribution in [0.5, 0.6) is 0 Å². The summed E-state index contributed by atoms with van der Waals surface area (Å²) in [6.45, 7) is 1.66. The molecule has 2 atom stereocenters. The molecule has 3 N–H and O–H groups in total. The van der Waals surface area contributed by atoms with Crippen molar-refractivity contribution in [2.24, 2.45) is 5.73 Å². The molecule has 1 unspecified atom stereocenters. The average molecular weight is 265 g/mol. The molecule has 0 aliphatic carbocycles. The van der Waals surface area contributed by atoms with Gasteiger partial charge in [0.2, 0.25) is 0 Å². The predicted molar refractivity (Wildman–Crippen MR) is 57.8 cm³/mol. The van der Waals surface area contributed by atoms with Gasteiger partial charge in [0.25, 0.3) is 0 Å². The summed E-state index contributed by atoms with van der Waals surface area (Å²) in [6.07, 6.45) is -0.572. The Morgan fingerprint density at radius 1 is 1.54 bits per heavy atom. The number of halogens is 2. The minimum Gasteiger partial charge on any atom is -0.391 e. The Morgan fingerprint density at radius 2 is 2.15 bits per heavy atom. The van der Waals surface area contributed by atoms with E-state index >= 15 is 0 Å². The minimum absolute atomic E-state index is 0.383. The van der Waals surface area contributed by atoms with Gasteiger partial charge in [0.15, 0.2) is 0 Å². The summed E-state index contributed by atoms with van der Waals surface area (Å²) in [5.41, 5.74) is 6.63. The largest absolute Gasteiger partial charge is 0.391 e. The lowest BCUT2D eigenvalue weighted by atomic mass is 10.0. The molecule has 0 amide bonds. The molecule has 0 fully saturated rings. The van der Waals surface area contributed by atoms with Crippen molar-refractivity contribution in [3.8, 4) is 0 Å². The normalized spacial score (nSPS) is 15.5. The zero-order valence-electron chi connectivity index (χ0n) is 7.17. The van der Waals surface area contributed by atoms with E-state index in [1.54, 1.807) is 19.1 Å². The molecule has 0 spiro atoms. The van der Waals surface area contributed by atoms with Crippen LogP contribution in [0.4, 0.5) is 0 Å². The highest BCUT2D eigenvalue weighted by Crippen LogP contribution is 2.26. The van der Waals surface area contributed by atoms with E-state index in [0.29, 0.717) is 5.02 Å². The molecular weight excluding hydrogens is 253 g/mol. The first-order valence-electron chi connectivity index (χ1n) is 3.91. The van der Waals surface area contributed by atoms with Crippen molar-refractivity contribution in [3.63, 3.8) is 0 Å². The van der Waals surface area contributed by atoms with E-state index in [4.69, 9.17) is 17.3 Å². The van der Waals surface area contributed by atoms with Crippen LogP contribution in [-0.4, -0.2) is 11.2 Å². The molecule has 0 bridgehead atoms. The molecule has 0 heterocycles. The molecule has 0 radical (unpaired) electrons. The molecule has 2 nitrogen and oxygen atoms in total. The molecule has 1 rings (SSSR count). The highest BCUT2D eigenvalue weighted by atomic mass is 79.9. The Kier molecular flexibility index (Phi) is 3.74.